The standard InChI is InChI=1S/C31H25N3O/c1-19(32)22-13-7-11-21-17-26-24-12-5-6-15-27(24)34(28(26)18-25(21)22)31-33-30-23(14-8-16-29(30)35-31)20-9-3-2-4-10-20/h2-6,8-10,12,14-18,22,32H,7,11,13H2,1H3. The Morgan fingerprint density at radius 1 is 0.914 bits per heavy atom. The number of aromatic nitrogens is 2. The van der Waals surface area contributed by atoms with Gasteiger partial charge in [0.2, 0.25) is 0 Å². The Labute approximate surface area is 203 Å². The van der Waals surface area contributed by atoms with Crippen molar-refractivity contribution in [2.24, 2.45) is 0 Å². The topological polar surface area (TPSA) is 54.8 Å². The van der Waals surface area contributed by atoms with Crippen molar-refractivity contribution in [3.05, 3.63) is 96.1 Å². The van der Waals surface area contributed by atoms with E-state index in [4.69, 9.17) is 14.8 Å². The number of rotatable bonds is 3. The molecule has 0 saturated carbocycles. The van der Waals surface area contributed by atoms with Gasteiger partial charge in [0.05, 0.1) is 11.0 Å². The molecule has 1 N–H and O–H groups in total. The maximum Gasteiger partial charge on any atom is 0.307 e. The molecule has 0 amide bonds. The van der Waals surface area contributed by atoms with E-state index in [1.54, 1.807) is 0 Å². The molecular formula is C31H25N3O. The van der Waals surface area contributed by atoms with E-state index in [-0.39, 0.29) is 5.92 Å². The zero-order valence-corrected chi connectivity index (χ0v) is 19.6. The largest absolute Gasteiger partial charge is 0.423 e. The summed E-state index contributed by atoms with van der Waals surface area (Å²) >= 11 is 0. The van der Waals surface area contributed by atoms with Crippen LogP contribution in [0.1, 0.15) is 36.8 Å². The predicted octanol–water partition coefficient (Wildman–Crippen LogP) is 8.05. The summed E-state index contributed by atoms with van der Waals surface area (Å²) in [5.74, 6) is 0.183. The van der Waals surface area contributed by atoms with Crippen LogP contribution in [0, 0.1) is 5.41 Å². The highest BCUT2D eigenvalue weighted by molar-refractivity contribution is 6.10. The van der Waals surface area contributed by atoms with Gasteiger partial charge in [0, 0.05) is 28.0 Å². The molecule has 4 heteroatoms. The van der Waals surface area contributed by atoms with Crippen LogP contribution in [-0.2, 0) is 6.42 Å². The summed E-state index contributed by atoms with van der Waals surface area (Å²) in [6.45, 7) is 1.94. The smallest absolute Gasteiger partial charge is 0.307 e. The van der Waals surface area contributed by atoms with Crippen LogP contribution >= 0.6 is 0 Å². The van der Waals surface area contributed by atoms with Crippen LogP contribution in [0.5, 0.6) is 0 Å². The minimum atomic E-state index is 0.183. The van der Waals surface area contributed by atoms with Gasteiger partial charge in [0.25, 0.3) is 0 Å². The fraction of sp³-hybridized carbons (Fsp3) is 0.161. The normalized spacial score (nSPS) is 15.6. The molecule has 0 spiro atoms. The highest BCUT2D eigenvalue weighted by atomic mass is 16.4. The molecule has 35 heavy (non-hydrogen) atoms. The third kappa shape index (κ3) is 3.06. The molecule has 0 saturated heterocycles. The van der Waals surface area contributed by atoms with Crippen molar-refractivity contribution in [2.45, 2.75) is 32.1 Å². The molecule has 4 nitrogen and oxygen atoms in total. The number of nitrogens with one attached hydrogen (secondary N) is 1. The van der Waals surface area contributed by atoms with E-state index >= 15 is 0 Å². The molecule has 7 rings (SSSR count). The highest BCUT2D eigenvalue weighted by Crippen LogP contribution is 2.40. The van der Waals surface area contributed by atoms with Crippen LogP contribution in [0.3, 0.4) is 0 Å². The molecule has 0 aliphatic heterocycles. The summed E-state index contributed by atoms with van der Waals surface area (Å²) in [5.41, 5.74) is 9.39. The van der Waals surface area contributed by atoms with Crippen LogP contribution in [-0.4, -0.2) is 15.3 Å². The van der Waals surface area contributed by atoms with Crippen LogP contribution in [0.4, 0.5) is 0 Å². The van der Waals surface area contributed by atoms with Gasteiger partial charge in [-0.15, -0.1) is 0 Å². The van der Waals surface area contributed by atoms with Gasteiger partial charge in [0.1, 0.15) is 5.52 Å². The van der Waals surface area contributed by atoms with Gasteiger partial charge < -0.3 is 9.83 Å². The summed E-state index contributed by atoms with van der Waals surface area (Å²) in [4.78, 5) is 5.05. The molecule has 1 unspecified atom stereocenters. The fourth-order valence-corrected chi connectivity index (χ4v) is 5.81. The lowest BCUT2D eigenvalue weighted by atomic mass is 9.80. The molecule has 4 aromatic carbocycles. The van der Waals surface area contributed by atoms with Crippen molar-refractivity contribution >= 4 is 38.6 Å². The fourth-order valence-electron chi connectivity index (χ4n) is 5.81. The third-order valence-corrected chi connectivity index (χ3v) is 7.45. The lowest BCUT2D eigenvalue weighted by molar-refractivity contribution is 0.574. The molecule has 0 radical (unpaired) electrons. The molecule has 1 aliphatic rings. The molecular weight excluding hydrogens is 430 g/mol. The van der Waals surface area contributed by atoms with Crippen LogP contribution < -0.4 is 0 Å². The number of hydrogen-bond acceptors (Lipinski definition) is 3. The SMILES string of the molecule is CC(=N)C1CCCc2cc3c4ccccc4n(-c4nc5c(-c6ccccc6)cccc5o4)c3cc21. The molecule has 0 fully saturated rings. The molecule has 1 atom stereocenters. The van der Waals surface area contributed by atoms with Crippen molar-refractivity contribution in [2.75, 3.05) is 0 Å². The Morgan fingerprint density at radius 2 is 1.74 bits per heavy atom. The quantitative estimate of drug-likeness (QED) is 0.274. The second-order valence-electron chi connectivity index (χ2n) is 9.56. The molecule has 1 aliphatic carbocycles. The zero-order valence-electron chi connectivity index (χ0n) is 19.6. The summed E-state index contributed by atoms with van der Waals surface area (Å²) in [7, 11) is 0. The Bertz CT molecular complexity index is 1760. The molecule has 170 valence electrons. The maximum atomic E-state index is 8.39. The van der Waals surface area contributed by atoms with Gasteiger partial charge in [-0.25, -0.2) is 0 Å². The number of benzene rings is 4. The Morgan fingerprint density at radius 3 is 2.60 bits per heavy atom. The van der Waals surface area contributed by atoms with Gasteiger partial charge in [0.15, 0.2) is 5.58 Å². The highest BCUT2D eigenvalue weighted by Gasteiger charge is 2.25. The van der Waals surface area contributed by atoms with Gasteiger partial charge in [-0.05, 0) is 67.1 Å². The number of hydrogen-bond donors (Lipinski definition) is 1. The van der Waals surface area contributed by atoms with Crippen LogP contribution in [0.2, 0.25) is 0 Å². The minimum Gasteiger partial charge on any atom is -0.423 e. The van der Waals surface area contributed by atoms with Crippen molar-refractivity contribution in [3.63, 3.8) is 0 Å². The predicted molar refractivity (Wildman–Crippen MR) is 143 cm³/mol. The molecule has 0 bridgehead atoms. The third-order valence-electron chi connectivity index (χ3n) is 7.45. The zero-order chi connectivity index (χ0) is 23.5. The molecule has 6 aromatic rings. The van der Waals surface area contributed by atoms with Gasteiger partial charge in [-0.1, -0.05) is 60.7 Å². The maximum absolute atomic E-state index is 8.39. The van der Waals surface area contributed by atoms with Gasteiger partial charge in [-0.2, -0.15) is 4.98 Å². The van der Waals surface area contributed by atoms with Crippen molar-refractivity contribution in [1.29, 1.82) is 5.41 Å². The van der Waals surface area contributed by atoms with Crippen molar-refractivity contribution in [1.82, 2.24) is 9.55 Å². The van der Waals surface area contributed by atoms with Crippen LogP contribution in [0.25, 0.3) is 50.0 Å². The number of para-hydroxylation sites is 2. The lowest BCUT2D eigenvalue weighted by Crippen LogP contribution is -2.15. The second-order valence-corrected chi connectivity index (χ2v) is 9.56. The Kier molecular flexibility index (Phi) is 4.43. The summed E-state index contributed by atoms with van der Waals surface area (Å²) in [6, 6.07) is 30.2. The molecule has 2 aromatic heterocycles. The van der Waals surface area contributed by atoms with E-state index in [0.29, 0.717) is 6.01 Å². The summed E-state index contributed by atoms with van der Waals surface area (Å²) in [5, 5.41) is 10.8. The molecule has 2 heterocycles. The second kappa shape index (κ2) is 7.67. The van der Waals surface area contributed by atoms with E-state index < -0.39 is 0 Å². The number of oxazole rings is 1. The van der Waals surface area contributed by atoms with Crippen molar-refractivity contribution < 1.29 is 4.42 Å². The van der Waals surface area contributed by atoms with E-state index in [1.807, 2.05) is 37.3 Å². The van der Waals surface area contributed by atoms with Gasteiger partial charge >= 0.3 is 6.01 Å². The Balaban J connectivity index is 1.53. The first-order chi connectivity index (χ1) is 17.2. The average molecular weight is 456 g/mol. The number of fused-ring (bicyclic) bond motifs is 5. The lowest BCUT2D eigenvalue weighted by Gasteiger charge is -2.25. The first-order valence-corrected chi connectivity index (χ1v) is 12.3. The first kappa shape index (κ1) is 20.2. The Hall–Kier alpha value is -4.18. The van der Waals surface area contributed by atoms with Crippen LogP contribution in [0.15, 0.2) is 89.3 Å². The van der Waals surface area contributed by atoms with E-state index in [0.717, 1.165) is 58.2 Å². The first-order valence-electron chi connectivity index (χ1n) is 12.3. The van der Waals surface area contributed by atoms with Gasteiger partial charge in [-0.3, -0.25) is 4.57 Å². The summed E-state index contributed by atoms with van der Waals surface area (Å²) in [6.07, 6.45) is 3.24. The monoisotopic (exact) mass is 455 g/mol. The van der Waals surface area contributed by atoms with E-state index in [1.165, 1.54) is 21.9 Å². The van der Waals surface area contributed by atoms with Crippen molar-refractivity contribution in [3.8, 4) is 17.1 Å². The van der Waals surface area contributed by atoms with E-state index in [2.05, 4.69) is 59.2 Å². The summed E-state index contributed by atoms with van der Waals surface area (Å²) < 4.78 is 8.58. The van der Waals surface area contributed by atoms with E-state index in [9.17, 15) is 0 Å². The number of aryl methyl sites for hydroxylation is 1. The minimum absolute atomic E-state index is 0.183. The number of nitrogens with zero attached hydrogens (tertiary/aromatic N) is 2. The average Bonchev–Trinajstić information content (AvgIpc) is 3.46.